The lowest BCUT2D eigenvalue weighted by molar-refractivity contribution is -0.119. The summed E-state index contributed by atoms with van der Waals surface area (Å²) in [6.45, 7) is 7.85. The van der Waals surface area contributed by atoms with E-state index in [0.717, 1.165) is 0 Å². The Bertz CT molecular complexity index is 349. The molecule has 0 bridgehead atoms. The molecule has 0 aromatic carbocycles. The van der Waals surface area contributed by atoms with Gasteiger partial charge in [0.15, 0.2) is 0 Å². The van der Waals surface area contributed by atoms with Gasteiger partial charge in [-0.2, -0.15) is 0 Å². The summed E-state index contributed by atoms with van der Waals surface area (Å²) in [5.74, 6) is 0.337. The third-order valence-corrected chi connectivity index (χ3v) is 2.67. The Balaban J connectivity index is 2.48. The third kappa shape index (κ3) is 3.80. The van der Waals surface area contributed by atoms with Crippen molar-refractivity contribution in [2.45, 2.75) is 44.9 Å². The van der Waals surface area contributed by atoms with E-state index in [0.29, 0.717) is 10.9 Å². The Morgan fingerprint density at radius 2 is 2.12 bits per heavy atom. The highest BCUT2D eigenvalue weighted by Gasteiger charge is 2.12. The van der Waals surface area contributed by atoms with E-state index in [1.807, 2.05) is 27.7 Å². The van der Waals surface area contributed by atoms with E-state index >= 15 is 0 Å². The van der Waals surface area contributed by atoms with Crippen molar-refractivity contribution in [3.63, 3.8) is 0 Å². The van der Waals surface area contributed by atoms with Crippen LogP contribution in [0.1, 0.15) is 33.7 Å². The molecule has 1 aromatic heterocycles. The molecule has 0 aliphatic carbocycles. The van der Waals surface area contributed by atoms with Gasteiger partial charge in [0.25, 0.3) is 0 Å². The van der Waals surface area contributed by atoms with Gasteiger partial charge in [0.1, 0.15) is 0 Å². The maximum absolute atomic E-state index is 11.4. The highest BCUT2D eigenvalue weighted by Crippen LogP contribution is 2.16. The van der Waals surface area contributed by atoms with Crippen molar-refractivity contribution in [2.75, 3.05) is 5.75 Å². The number of carbonyl (C=O) groups excluding carboxylic acids is 1. The van der Waals surface area contributed by atoms with Crippen molar-refractivity contribution < 1.29 is 4.79 Å². The fraction of sp³-hybridized carbons (Fsp3) is 0.778. The number of tetrazole rings is 1. The molecule has 0 aliphatic heterocycles. The fourth-order valence-corrected chi connectivity index (χ4v) is 1.92. The van der Waals surface area contributed by atoms with Crippen molar-refractivity contribution >= 4 is 17.7 Å². The highest BCUT2D eigenvalue weighted by atomic mass is 32.2. The Kier molecular flexibility index (Phi) is 4.72. The highest BCUT2D eigenvalue weighted by molar-refractivity contribution is 7.99. The number of carbonyl (C=O) groups is 1. The van der Waals surface area contributed by atoms with Gasteiger partial charge in [-0.25, -0.2) is 4.68 Å². The Morgan fingerprint density at radius 1 is 1.44 bits per heavy atom. The molecule has 0 spiro atoms. The number of rotatable bonds is 5. The minimum atomic E-state index is -0.00157. The molecule has 1 aromatic rings. The van der Waals surface area contributed by atoms with E-state index in [9.17, 15) is 4.79 Å². The minimum absolute atomic E-state index is 0.00157. The lowest BCUT2D eigenvalue weighted by Gasteiger charge is -2.09. The van der Waals surface area contributed by atoms with Crippen molar-refractivity contribution in [1.29, 1.82) is 0 Å². The molecule has 0 saturated carbocycles. The van der Waals surface area contributed by atoms with E-state index in [2.05, 4.69) is 20.8 Å². The number of thioether (sulfide) groups is 1. The summed E-state index contributed by atoms with van der Waals surface area (Å²) in [6.07, 6.45) is 0. The van der Waals surface area contributed by atoms with Crippen LogP contribution < -0.4 is 5.32 Å². The van der Waals surface area contributed by atoms with Crippen LogP contribution in [0.25, 0.3) is 0 Å². The van der Waals surface area contributed by atoms with Crippen LogP contribution in [0.2, 0.25) is 0 Å². The summed E-state index contributed by atoms with van der Waals surface area (Å²) >= 11 is 1.35. The first kappa shape index (κ1) is 13.0. The minimum Gasteiger partial charge on any atom is -0.353 e. The maximum atomic E-state index is 11.4. The first-order valence-corrected chi connectivity index (χ1v) is 6.19. The maximum Gasteiger partial charge on any atom is 0.230 e. The zero-order valence-electron chi connectivity index (χ0n) is 9.97. The summed E-state index contributed by atoms with van der Waals surface area (Å²) in [7, 11) is 0. The normalized spacial score (nSPS) is 11.1. The second-order valence-electron chi connectivity index (χ2n) is 4.01. The van der Waals surface area contributed by atoms with Crippen molar-refractivity contribution in [3.8, 4) is 0 Å². The third-order valence-electron chi connectivity index (χ3n) is 1.73. The van der Waals surface area contributed by atoms with Gasteiger partial charge in [-0.3, -0.25) is 4.79 Å². The van der Waals surface area contributed by atoms with Crippen LogP contribution in [0.5, 0.6) is 0 Å². The van der Waals surface area contributed by atoms with Gasteiger partial charge in [0.05, 0.1) is 11.8 Å². The van der Waals surface area contributed by atoms with Crippen LogP contribution in [0, 0.1) is 0 Å². The first-order valence-electron chi connectivity index (χ1n) is 5.20. The van der Waals surface area contributed by atoms with Crippen LogP contribution in [-0.4, -0.2) is 37.9 Å². The number of hydrogen-bond acceptors (Lipinski definition) is 5. The fourth-order valence-electron chi connectivity index (χ4n) is 1.10. The quantitative estimate of drug-likeness (QED) is 0.777. The lowest BCUT2D eigenvalue weighted by Crippen LogP contribution is -2.31. The average Bonchev–Trinajstić information content (AvgIpc) is 2.61. The number of aromatic nitrogens is 4. The van der Waals surface area contributed by atoms with Crippen molar-refractivity contribution in [1.82, 2.24) is 25.5 Å². The number of amides is 1. The monoisotopic (exact) mass is 243 g/mol. The van der Waals surface area contributed by atoms with Crippen LogP contribution in [-0.2, 0) is 4.79 Å². The van der Waals surface area contributed by atoms with E-state index in [4.69, 9.17) is 0 Å². The molecule has 0 saturated heterocycles. The van der Waals surface area contributed by atoms with Crippen LogP contribution >= 0.6 is 11.8 Å². The van der Waals surface area contributed by atoms with Gasteiger partial charge in [-0.15, -0.1) is 5.10 Å². The second-order valence-corrected chi connectivity index (χ2v) is 4.95. The molecule has 0 unspecified atom stereocenters. The van der Waals surface area contributed by atoms with Gasteiger partial charge in [0, 0.05) is 6.04 Å². The summed E-state index contributed by atoms with van der Waals surface area (Å²) in [4.78, 5) is 11.4. The lowest BCUT2D eigenvalue weighted by atomic mass is 10.4. The average molecular weight is 243 g/mol. The van der Waals surface area contributed by atoms with E-state index in [1.54, 1.807) is 4.68 Å². The molecule has 1 amide bonds. The molecule has 0 aliphatic rings. The molecular weight excluding hydrogens is 226 g/mol. The summed E-state index contributed by atoms with van der Waals surface area (Å²) in [5, 5.41) is 14.8. The zero-order valence-corrected chi connectivity index (χ0v) is 10.8. The molecule has 0 fully saturated rings. The SMILES string of the molecule is CC(C)NC(=O)CSc1nnnn1C(C)C. The molecular formula is C9H17N5OS. The van der Waals surface area contributed by atoms with Crippen LogP contribution in [0.4, 0.5) is 0 Å². The number of nitrogens with one attached hydrogen (secondary N) is 1. The van der Waals surface area contributed by atoms with Crippen LogP contribution in [0.15, 0.2) is 5.16 Å². The van der Waals surface area contributed by atoms with Gasteiger partial charge in [-0.1, -0.05) is 11.8 Å². The Hall–Kier alpha value is -1.11. The molecule has 1 N–H and O–H groups in total. The van der Waals surface area contributed by atoms with Crippen molar-refractivity contribution in [2.24, 2.45) is 0 Å². The van der Waals surface area contributed by atoms with Gasteiger partial charge in [-0.05, 0) is 38.1 Å². The topological polar surface area (TPSA) is 72.7 Å². The number of hydrogen-bond donors (Lipinski definition) is 1. The van der Waals surface area contributed by atoms with Gasteiger partial charge >= 0.3 is 0 Å². The van der Waals surface area contributed by atoms with E-state index in [1.165, 1.54) is 11.8 Å². The summed E-state index contributed by atoms with van der Waals surface area (Å²) < 4.78 is 1.70. The molecule has 7 heteroatoms. The molecule has 0 atom stereocenters. The van der Waals surface area contributed by atoms with E-state index in [-0.39, 0.29) is 18.0 Å². The summed E-state index contributed by atoms with van der Waals surface area (Å²) in [5.41, 5.74) is 0. The molecule has 1 heterocycles. The molecule has 6 nitrogen and oxygen atoms in total. The second kappa shape index (κ2) is 5.83. The first-order chi connectivity index (χ1) is 7.50. The standard InChI is InChI=1S/C9H17N5OS/c1-6(2)10-8(15)5-16-9-11-12-13-14(9)7(3)4/h6-7H,5H2,1-4H3,(H,10,15). The van der Waals surface area contributed by atoms with Crippen LogP contribution in [0.3, 0.4) is 0 Å². The smallest absolute Gasteiger partial charge is 0.230 e. The van der Waals surface area contributed by atoms with Gasteiger partial charge < -0.3 is 5.32 Å². The Morgan fingerprint density at radius 3 is 2.69 bits per heavy atom. The largest absolute Gasteiger partial charge is 0.353 e. The molecule has 16 heavy (non-hydrogen) atoms. The van der Waals surface area contributed by atoms with Crippen molar-refractivity contribution in [3.05, 3.63) is 0 Å². The number of nitrogens with zero attached hydrogens (tertiary/aromatic N) is 4. The van der Waals surface area contributed by atoms with E-state index < -0.39 is 0 Å². The predicted molar refractivity (Wildman–Crippen MR) is 62.2 cm³/mol. The summed E-state index contributed by atoms with van der Waals surface area (Å²) in [6, 6.07) is 0.361. The zero-order chi connectivity index (χ0) is 12.1. The molecule has 90 valence electrons. The molecule has 0 radical (unpaired) electrons. The molecule has 1 rings (SSSR count). The predicted octanol–water partition coefficient (Wildman–Crippen LogP) is 0.871. The Labute approximate surface area is 99.2 Å². The van der Waals surface area contributed by atoms with Gasteiger partial charge in [0.2, 0.25) is 11.1 Å².